The van der Waals surface area contributed by atoms with Crippen LogP contribution < -0.4 is 10.3 Å². The second kappa shape index (κ2) is 9.53. The minimum atomic E-state index is -4.78. The Morgan fingerprint density at radius 2 is 1.75 bits per heavy atom. The lowest BCUT2D eigenvalue weighted by Gasteiger charge is -2.35. The molecule has 1 aliphatic rings. The third-order valence-electron chi connectivity index (χ3n) is 6.15. The van der Waals surface area contributed by atoms with Gasteiger partial charge in [-0.1, -0.05) is 0 Å². The molecule has 0 aliphatic carbocycles. The van der Waals surface area contributed by atoms with Crippen LogP contribution in [0.25, 0.3) is 11.0 Å². The molecule has 2 aromatic heterocycles. The standard InChI is InChI=1S/C25H27F3N4O4/c1-13-11-32(12-14(2)35-13)23(33)17-6-8-18(9-7-17)36-15(3)19-10-20-22(30-21(19)25(26,27)28)29-16(4)31(5)24(20)34/h6-10,13-15H,11-12H2,1-5H3. The molecule has 1 saturated heterocycles. The number of aryl methyl sites for hydroxylation is 1. The van der Waals surface area contributed by atoms with E-state index in [2.05, 4.69) is 9.97 Å². The van der Waals surface area contributed by atoms with E-state index in [1.54, 1.807) is 17.0 Å². The molecular weight excluding hydrogens is 477 g/mol. The Morgan fingerprint density at radius 1 is 1.14 bits per heavy atom. The smallest absolute Gasteiger partial charge is 0.433 e. The third-order valence-corrected chi connectivity index (χ3v) is 6.15. The Morgan fingerprint density at radius 3 is 2.33 bits per heavy atom. The molecule has 36 heavy (non-hydrogen) atoms. The Kier molecular flexibility index (Phi) is 6.78. The van der Waals surface area contributed by atoms with Crippen LogP contribution >= 0.6 is 0 Å². The summed E-state index contributed by atoms with van der Waals surface area (Å²) in [5.74, 6) is 0.361. The molecule has 0 bridgehead atoms. The monoisotopic (exact) mass is 504 g/mol. The lowest BCUT2D eigenvalue weighted by Crippen LogP contribution is -2.48. The topological polar surface area (TPSA) is 86.6 Å². The Hall–Kier alpha value is -3.47. The highest BCUT2D eigenvalue weighted by Crippen LogP contribution is 2.36. The van der Waals surface area contributed by atoms with E-state index in [4.69, 9.17) is 9.47 Å². The molecule has 1 fully saturated rings. The Bertz CT molecular complexity index is 1340. The summed E-state index contributed by atoms with van der Waals surface area (Å²) in [6.45, 7) is 7.71. The summed E-state index contributed by atoms with van der Waals surface area (Å²) >= 11 is 0. The molecule has 11 heteroatoms. The summed E-state index contributed by atoms with van der Waals surface area (Å²) in [6.07, 6.45) is -6.02. The van der Waals surface area contributed by atoms with Gasteiger partial charge in [0.2, 0.25) is 0 Å². The molecule has 8 nitrogen and oxygen atoms in total. The van der Waals surface area contributed by atoms with Crippen molar-refractivity contribution in [2.24, 2.45) is 7.05 Å². The molecule has 3 aromatic rings. The van der Waals surface area contributed by atoms with Crippen molar-refractivity contribution in [3.05, 3.63) is 63.3 Å². The molecule has 192 valence electrons. The second-order valence-corrected chi connectivity index (χ2v) is 9.07. The van der Waals surface area contributed by atoms with Crippen LogP contribution in [0.4, 0.5) is 13.2 Å². The number of fused-ring (bicyclic) bond motifs is 1. The first-order chi connectivity index (χ1) is 16.8. The van der Waals surface area contributed by atoms with E-state index in [1.807, 2.05) is 13.8 Å². The molecule has 0 N–H and O–H groups in total. The molecular formula is C25H27F3N4O4. The number of aromatic nitrogens is 3. The number of nitrogens with zero attached hydrogens (tertiary/aromatic N) is 4. The van der Waals surface area contributed by atoms with Crippen molar-refractivity contribution >= 4 is 16.9 Å². The minimum absolute atomic E-state index is 0.0311. The van der Waals surface area contributed by atoms with Gasteiger partial charge >= 0.3 is 6.18 Å². The van der Waals surface area contributed by atoms with E-state index < -0.39 is 23.5 Å². The van der Waals surface area contributed by atoms with Gasteiger partial charge in [0.1, 0.15) is 17.7 Å². The summed E-state index contributed by atoms with van der Waals surface area (Å²) in [5.41, 5.74) is -1.78. The number of rotatable bonds is 4. The number of amides is 1. The number of carbonyl (C=O) groups is 1. The van der Waals surface area contributed by atoms with E-state index in [-0.39, 0.29) is 46.3 Å². The average molecular weight is 505 g/mol. The number of pyridine rings is 1. The van der Waals surface area contributed by atoms with Crippen LogP contribution in [0.1, 0.15) is 54.3 Å². The van der Waals surface area contributed by atoms with Crippen molar-refractivity contribution < 1.29 is 27.4 Å². The van der Waals surface area contributed by atoms with Crippen molar-refractivity contribution in [1.82, 2.24) is 19.4 Å². The van der Waals surface area contributed by atoms with E-state index in [1.165, 1.54) is 37.6 Å². The second-order valence-electron chi connectivity index (χ2n) is 9.07. The molecule has 3 heterocycles. The number of hydrogen-bond acceptors (Lipinski definition) is 6. The molecule has 1 aromatic carbocycles. The fraction of sp³-hybridized carbons (Fsp3) is 0.440. The van der Waals surface area contributed by atoms with E-state index in [0.29, 0.717) is 18.7 Å². The van der Waals surface area contributed by atoms with E-state index in [0.717, 1.165) is 6.07 Å². The van der Waals surface area contributed by atoms with Crippen LogP contribution in [0.3, 0.4) is 0 Å². The largest absolute Gasteiger partial charge is 0.486 e. The van der Waals surface area contributed by atoms with Gasteiger partial charge in [-0.05, 0) is 58.0 Å². The van der Waals surface area contributed by atoms with Crippen molar-refractivity contribution in [1.29, 1.82) is 0 Å². The molecule has 0 saturated carbocycles. The first-order valence-corrected chi connectivity index (χ1v) is 11.5. The van der Waals surface area contributed by atoms with Gasteiger partial charge in [-0.25, -0.2) is 9.97 Å². The predicted molar refractivity (Wildman–Crippen MR) is 126 cm³/mol. The number of benzene rings is 1. The van der Waals surface area contributed by atoms with Crippen LogP contribution in [-0.4, -0.2) is 50.6 Å². The van der Waals surface area contributed by atoms with E-state index in [9.17, 15) is 22.8 Å². The van der Waals surface area contributed by atoms with Crippen LogP contribution in [0, 0.1) is 6.92 Å². The van der Waals surface area contributed by atoms with Crippen LogP contribution in [0.15, 0.2) is 35.1 Å². The fourth-order valence-corrected chi connectivity index (χ4v) is 4.32. The molecule has 4 rings (SSSR count). The van der Waals surface area contributed by atoms with Crippen molar-refractivity contribution in [2.75, 3.05) is 13.1 Å². The fourth-order valence-electron chi connectivity index (χ4n) is 4.32. The first kappa shape index (κ1) is 25.6. The Labute approximate surface area is 205 Å². The minimum Gasteiger partial charge on any atom is -0.486 e. The zero-order valence-electron chi connectivity index (χ0n) is 20.6. The normalized spacial score (nSPS) is 19.4. The SMILES string of the molecule is Cc1nc2nc(C(F)(F)F)c(C(C)Oc3ccc(C(=O)N4CC(C)OC(C)C4)cc3)cc2c(=O)n1C. The van der Waals surface area contributed by atoms with Gasteiger partial charge in [0.25, 0.3) is 11.5 Å². The van der Waals surface area contributed by atoms with Gasteiger partial charge < -0.3 is 14.4 Å². The number of hydrogen-bond donors (Lipinski definition) is 0. The summed E-state index contributed by atoms with van der Waals surface area (Å²) in [6, 6.07) is 7.34. The van der Waals surface area contributed by atoms with Gasteiger partial charge in [-0.15, -0.1) is 0 Å². The molecule has 0 spiro atoms. The maximum absolute atomic E-state index is 13.8. The van der Waals surface area contributed by atoms with Gasteiger partial charge in [-0.2, -0.15) is 13.2 Å². The lowest BCUT2D eigenvalue weighted by atomic mass is 10.1. The highest BCUT2D eigenvalue weighted by Gasteiger charge is 2.38. The van der Waals surface area contributed by atoms with Crippen LogP contribution in [0.2, 0.25) is 0 Å². The summed E-state index contributed by atoms with van der Waals surface area (Å²) in [7, 11) is 1.49. The third kappa shape index (κ3) is 5.06. The van der Waals surface area contributed by atoms with Gasteiger partial charge in [0.15, 0.2) is 11.3 Å². The highest BCUT2D eigenvalue weighted by atomic mass is 19.4. The van der Waals surface area contributed by atoms with E-state index >= 15 is 0 Å². The number of alkyl halides is 3. The predicted octanol–water partition coefficient (Wildman–Crippen LogP) is 4.05. The van der Waals surface area contributed by atoms with Gasteiger partial charge in [0, 0.05) is 31.3 Å². The van der Waals surface area contributed by atoms with Crippen LogP contribution in [-0.2, 0) is 18.0 Å². The maximum atomic E-state index is 13.8. The average Bonchev–Trinajstić information content (AvgIpc) is 2.81. The molecule has 3 unspecified atom stereocenters. The Balaban J connectivity index is 1.61. The molecule has 1 aliphatic heterocycles. The molecule has 1 amide bonds. The maximum Gasteiger partial charge on any atom is 0.433 e. The number of ether oxygens (including phenoxy) is 2. The van der Waals surface area contributed by atoms with Crippen molar-refractivity contribution in [3.63, 3.8) is 0 Å². The zero-order valence-corrected chi connectivity index (χ0v) is 20.6. The summed E-state index contributed by atoms with van der Waals surface area (Å²) in [5, 5.41) is -0.0311. The number of carbonyl (C=O) groups excluding carboxylic acids is 1. The van der Waals surface area contributed by atoms with Gasteiger partial charge in [0.05, 0.1) is 17.6 Å². The molecule has 3 atom stereocenters. The van der Waals surface area contributed by atoms with Crippen molar-refractivity contribution in [3.8, 4) is 5.75 Å². The summed E-state index contributed by atoms with van der Waals surface area (Å²) in [4.78, 5) is 34.9. The van der Waals surface area contributed by atoms with Gasteiger partial charge in [-0.3, -0.25) is 14.2 Å². The quantitative estimate of drug-likeness (QED) is 0.533. The van der Waals surface area contributed by atoms with Crippen molar-refractivity contribution in [2.45, 2.75) is 52.2 Å². The first-order valence-electron chi connectivity index (χ1n) is 11.5. The zero-order chi connectivity index (χ0) is 26.4. The lowest BCUT2D eigenvalue weighted by molar-refractivity contribution is -0.142. The molecule has 0 radical (unpaired) electrons. The highest BCUT2D eigenvalue weighted by molar-refractivity contribution is 5.94. The number of morpholine rings is 1. The summed E-state index contributed by atoms with van der Waals surface area (Å²) < 4.78 is 54.2. The van der Waals surface area contributed by atoms with Crippen LogP contribution in [0.5, 0.6) is 5.75 Å². The number of halogens is 3.